The van der Waals surface area contributed by atoms with Gasteiger partial charge in [0.25, 0.3) is 5.91 Å². The van der Waals surface area contributed by atoms with Gasteiger partial charge in [-0.1, -0.05) is 30.3 Å². The number of furan rings is 1. The van der Waals surface area contributed by atoms with Crippen LogP contribution in [0, 0.1) is 0 Å². The highest BCUT2D eigenvalue weighted by atomic mass is 16.5. The third kappa shape index (κ3) is 4.86. The number of carbonyl (C=O) groups is 3. The van der Waals surface area contributed by atoms with Gasteiger partial charge < -0.3 is 24.3 Å². The first-order chi connectivity index (χ1) is 15.5. The monoisotopic (exact) mass is 433 g/mol. The number of ether oxygens (including phenoxy) is 2. The fraction of sp³-hybridized carbons (Fsp3) is 0.125. The SMILES string of the molecule is O=C(COc1ccc2c(c1)OC(=Cc1ccco1)C2=O)NC(Cc1ccccc1)C(=O)O. The van der Waals surface area contributed by atoms with Gasteiger partial charge in [-0.05, 0) is 29.8 Å². The molecule has 162 valence electrons. The Balaban J connectivity index is 1.36. The number of rotatable bonds is 8. The molecule has 8 heteroatoms. The number of fused-ring (bicyclic) bond motifs is 1. The molecule has 1 aliphatic rings. The Bertz CT molecular complexity index is 1170. The molecule has 1 aromatic heterocycles. The number of allylic oxidation sites excluding steroid dienone is 1. The van der Waals surface area contributed by atoms with Gasteiger partial charge in [0.1, 0.15) is 23.3 Å². The van der Waals surface area contributed by atoms with E-state index < -0.39 is 17.9 Å². The molecule has 0 saturated carbocycles. The first-order valence-corrected chi connectivity index (χ1v) is 9.80. The fourth-order valence-corrected chi connectivity index (χ4v) is 3.19. The number of ketones is 1. The summed E-state index contributed by atoms with van der Waals surface area (Å²) in [5.41, 5.74) is 1.16. The third-order valence-corrected chi connectivity index (χ3v) is 4.74. The van der Waals surface area contributed by atoms with Crippen molar-refractivity contribution in [3.8, 4) is 11.5 Å². The van der Waals surface area contributed by atoms with Crippen LogP contribution in [0.2, 0.25) is 0 Å². The summed E-state index contributed by atoms with van der Waals surface area (Å²) in [6, 6.07) is 15.9. The van der Waals surface area contributed by atoms with E-state index in [0.29, 0.717) is 22.8 Å². The van der Waals surface area contributed by atoms with Crippen molar-refractivity contribution >= 4 is 23.7 Å². The smallest absolute Gasteiger partial charge is 0.326 e. The molecule has 32 heavy (non-hydrogen) atoms. The molecule has 1 aliphatic heterocycles. The molecule has 0 aliphatic carbocycles. The van der Waals surface area contributed by atoms with Crippen molar-refractivity contribution in [2.75, 3.05) is 6.61 Å². The number of nitrogens with one attached hydrogen (secondary N) is 1. The average Bonchev–Trinajstić information content (AvgIpc) is 3.40. The Kier molecular flexibility index (Phi) is 6.03. The highest BCUT2D eigenvalue weighted by Gasteiger charge is 2.28. The molecule has 8 nitrogen and oxygen atoms in total. The number of carboxylic acid groups (broad SMARTS) is 1. The second-order valence-electron chi connectivity index (χ2n) is 7.05. The van der Waals surface area contributed by atoms with Gasteiger partial charge in [-0.3, -0.25) is 9.59 Å². The van der Waals surface area contributed by atoms with Crippen LogP contribution < -0.4 is 14.8 Å². The molecule has 1 atom stereocenters. The van der Waals surface area contributed by atoms with E-state index in [0.717, 1.165) is 5.56 Å². The molecule has 0 fully saturated rings. The van der Waals surface area contributed by atoms with Gasteiger partial charge in [0.05, 0.1) is 11.8 Å². The number of carboxylic acids is 1. The van der Waals surface area contributed by atoms with Gasteiger partial charge in [-0.2, -0.15) is 0 Å². The van der Waals surface area contributed by atoms with Gasteiger partial charge >= 0.3 is 5.97 Å². The molecular weight excluding hydrogens is 414 g/mol. The van der Waals surface area contributed by atoms with Crippen LogP contribution in [-0.4, -0.2) is 35.4 Å². The summed E-state index contributed by atoms with van der Waals surface area (Å²) in [5, 5.41) is 11.9. The summed E-state index contributed by atoms with van der Waals surface area (Å²) in [6.45, 7) is -0.388. The van der Waals surface area contributed by atoms with Crippen LogP contribution in [-0.2, 0) is 16.0 Å². The molecule has 1 unspecified atom stereocenters. The maximum atomic E-state index is 12.4. The average molecular weight is 433 g/mol. The van der Waals surface area contributed by atoms with Crippen LogP contribution in [0.5, 0.6) is 11.5 Å². The predicted molar refractivity (Wildman–Crippen MR) is 113 cm³/mol. The topological polar surface area (TPSA) is 115 Å². The number of carbonyl (C=O) groups excluding carboxylic acids is 2. The van der Waals surface area contributed by atoms with Crippen LogP contribution in [0.25, 0.3) is 6.08 Å². The standard InChI is InChI=1S/C24H19NO7/c26-22(25-19(24(28)29)11-15-5-2-1-3-6-15)14-31-17-8-9-18-20(12-17)32-21(23(18)27)13-16-7-4-10-30-16/h1-10,12-13,19H,11,14H2,(H,25,26)(H,28,29). The van der Waals surface area contributed by atoms with Crippen molar-refractivity contribution in [3.05, 3.63) is 89.6 Å². The number of hydrogen-bond donors (Lipinski definition) is 2. The zero-order chi connectivity index (χ0) is 22.5. The Hall–Kier alpha value is -4.33. The molecule has 0 saturated heterocycles. The zero-order valence-corrected chi connectivity index (χ0v) is 16.8. The van der Waals surface area contributed by atoms with Gasteiger partial charge in [0.2, 0.25) is 5.78 Å². The largest absolute Gasteiger partial charge is 0.484 e. The molecule has 2 heterocycles. The van der Waals surface area contributed by atoms with Crippen molar-refractivity contribution in [2.24, 2.45) is 0 Å². The fourth-order valence-electron chi connectivity index (χ4n) is 3.19. The maximum absolute atomic E-state index is 12.4. The van der Waals surface area contributed by atoms with Crippen LogP contribution in [0.4, 0.5) is 0 Å². The van der Waals surface area contributed by atoms with E-state index in [-0.39, 0.29) is 24.6 Å². The molecular formula is C24H19NO7. The van der Waals surface area contributed by atoms with E-state index in [4.69, 9.17) is 13.9 Å². The first kappa shape index (κ1) is 20.9. The van der Waals surface area contributed by atoms with Crippen molar-refractivity contribution in [3.63, 3.8) is 0 Å². The summed E-state index contributed by atoms with van der Waals surface area (Å²) in [7, 11) is 0. The second-order valence-corrected chi connectivity index (χ2v) is 7.05. The van der Waals surface area contributed by atoms with Crippen LogP contribution >= 0.6 is 0 Å². The molecule has 0 spiro atoms. The Morgan fingerprint density at radius 2 is 1.91 bits per heavy atom. The van der Waals surface area contributed by atoms with Crippen molar-refractivity contribution < 1.29 is 33.4 Å². The van der Waals surface area contributed by atoms with E-state index in [9.17, 15) is 19.5 Å². The van der Waals surface area contributed by atoms with Crippen molar-refractivity contribution in [1.82, 2.24) is 5.32 Å². The van der Waals surface area contributed by atoms with Crippen molar-refractivity contribution in [1.29, 1.82) is 0 Å². The molecule has 4 rings (SSSR count). The lowest BCUT2D eigenvalue weighted by molar-refractivity contribution is -0.142. The lowest BCUT2D eigenvalue weighted by Crippen LogP contribution is -2.44. The third-order valence-electron chi connectivity index (χ3n) is 4.74. The summed E-state index contributed by atoms with van der Waals surface area (Å²) >= 11 is 0. The summed E-state index contributed by atoms with van der Waals surface area (Å²) < 4.78 is 16.3. The number of benzene rings is 2. The van der Waals surface area contributed by atoms with Gasteiger partial charge in [-0.15, -0.1) is 0 Å². The van der Waals surface area contributed by atoms with E-state index in [1.54, 1.807) is 48.5 Å². The predicted octanol–water partition coefficient (Wildman–Crippen LogP) is 3.09. The molecule has 2 aromatic carbocycles. The molecule has 0 bridgehead atoms. The lowest BCUT2D eigenvalue weighted by atomic mass is 10.1. The molecule has 0 radical (unpaired) electrons. The van der Waals surface area contributed by atoms with Gasteiger partial charge in [-0.25, -0.2) is 4.79 Å². The molecule has 1 amide bonds. The van der Waals surface area contributed by atoms with Crippen LogP contribution in [0.3, 0.4) is 0 Å². The Morgan fingerprint density at radius 1 is 1.09 bits per heavy atom. The first-order valence-electron chi connectivity index (χ1n) is 9.80. The summed E-state index contributed by atoms with van der Waals surface area (Å²) in [6.07, 6.45) is 3.14. The number of Topliss-reactive ketones (excluding diaryl/α,β-unsaturated/α-hetero) is 1. The van der Waals surface area contributed by atoms with Crippen molar-refractivity contribution in [2.45, 2.75) is 12.5 Å². The highest BCUT2D eigenvalue weighted by Crippen LogP contribution is 2.34. The van der Waals surface area contributed by atoms with E-state index in [1.807, 2.05) is 6.07 Å². The Labute approximate surface area is 183 Å². The van der Waals surface area contributed by atoms with E-state index in [1.165, 1.54) is 18.4 Å². The quantitative estimate of drug-likeness (QED) is 0.525. The number of aliphatic carboxylic acids is 1. The van der Waals surface area contributed by atoms with Gasteiger partial charge in [0.15, 0.2) is 12.4 Å². The summed E-state index contributed by atoms with van der Waals surface area (Å²) in [5.74, 6) is -0.787. The zero-order valence-electron chi connectivity index (χ0n) is 16.8. The number of amides is 1. The van der Waals surface area contributed by atoms with Crippen LogP contribution in [0.15, 0.2) is 77.1 Å². The molecule has 3 aromatic rings. The maximum Gasteiger partial charge on any atom is 0.326 e. The van der Waals surface area contributed by atoms with E-state index in [2.05, 4.69) is 5.32 Å². The normalized spacial score (nSPS) is 14.5. The second kappa shape index (κ2) is 9.22. The lowest BCUT2D eigenvalue weighted by Gasteiger charge is -2.15. The number of hydrogen-bond acceptors (Lipinski definition) is 6. The van der Waals surface area contributed by atoms with E-state index >= 15 is 0 Å². The highest BCUT2D eigenvalue weighted by molar-refractivity contribution is 6.14. The van der Waals surface area contributed by atoms with Gasteiger partial charge in [0, 0.05) is 18.6 Å². The minimum absolute atomic E-state index is 0.120. The minimum Gasteiger partial charge on any atom is -0.484 e. The van der Waals surface area contributed by atoms with Crippen LogP contribution in [0.1, 0.15) is 21.7 Å². The summed E-state index contributed by atoms with van der Waals surface area (Å²) in [4.78, 5) is 36.2. The molecule has 2 N–H and O–H groups in total. The minimum atomic E-state index is -1.14. The Morgan fingerprint density at radius 3 is 2.62 bits per heavy atom.